The zero-order valence-electron chi connectivity index (χ0n) is 15.9. The number of fused-ring (bicyclic) bond motifs is 1. The second kappa shape index (κ2) is 8.09. The highest BCUT2D eigenvalue weighted by Gasteiger charge is 2.44. The first-order chi connectivity index (χ1) is 13.1. The quantitative estimate of drug-likeness (QED) is 0.531. The Labute approximate surface area is 164 Å². The van der Waals surface area contributed by atoms with Crippen molar-refractivity contribution < 1.29 is 14.3 Å². The standard InChI is InChI=1S/C22H27NO3S/c1-14-19(22(25)26-15-8-4-2-3-5-9-15)21(18-12-7-13-27-18)20-16(23-14)10-6-11-17(20)24/h7,12-13,15,20-21H,2-6,8-11H2,1H3/t20-,21+/m0/s1. The lowest BCUT2D eigenvalue weighted by Crippen LogP contribution is -2.39. The van der Waals surface area contributed by atoms with Gasteiger partial charge >= 0.3 is 5.97 Å². The average molecular weight is 386 g/mol. The highest BCUT2D eigenvalue weighted by atomic mass is 32.1. The van der Waals surface area contributed by atoms with Crippen molar-refractivity contribution >= 4 is 28.8 Å². The van der Waals surface area contributed by atoms with E-state index < -0.39 is 0 Å². The van der Waals surface area contributed by atoms with Crippen LogP contribution in [0.1, 0.15) is 75.5 Å². The van der Waals surface area contributed by atoms with Gasteiger partial charge in [0.1, 0.15) is 11.9 Å². The highest BCUT2D eigenvalue weighted by Crippen LogP contribution is 2.44. The van der Waals surface area contributed by atoms with Gasteiger partial charge in [-0.05, 0) is 56.9 Å². The summed E-state index contributed by atoms with van der Waals surface area (Å²) in [6.45, 7) is 1.90. The molecule has 0 spiro atoms. The van der Waals surface area contributed by atoms with Crippen LogP contribution in [0, 0.1) is 5.92 Å². The van der Waals surface area contributed by atoms with Crippen molar-refractivity contribution in [3.63, 3.8) is 0 Å². The van der Waals surface area contributed by atoms with Gasteiger partial charge in [0.05, 0.1) is 11.5 Å². The Kier molecular flexibility index (Phi) is 5.58. The molecule has 0 unspecified atom stereocenters. The molecule has 1 aromatic heterocycles. The molecule has 3 aliphatic rings. The van der Waals surface area contributed by atoms with Crippen LogP contribution in [0.4, 0.5) is 0 Å². The Balaban J connectivity index is 1.67. The molecule has 0 aromatic carbocycles. The minimum Gasteiger partial charge on any atom is -0.459 e. The van der Waals surface area contributed by atoms with Crippen molar-refractivity contribution in [2.24, 2.45) is 10.9 Å². The van der Waals surface area contributed by atoms with Crippen LogP contribution in [0.15, 0.2) is 33.8 Å². The molecule has 2 aliphatic carbocycles. The molecule has 5 heteroatoms. The number of ether oxygens (including phenoxy) is 1. The third-order valence-corrected chi connectivity index (χ3v) is 7.01. The van der Waals surface area contributed by atoms with Crippen molar-refractivity contribution in [2.45, 2.75) is 76.7 Å². The number of ketones is 1. The second-order valence-electron chi connectivity index (χ2n) is 7.91. The SMILES string of the molecule is CC1=C(C(=O)OC2CCCCCC2)[C@@H](c2cccs2)[C@@H]2C(=O)CCCC2=N1. The molecule has 4 nitrogen and oxygen atoms in total. The first-order valence-electron chi connectivity index (χ1n) is 10.2. The number of allylic oxidation sites excluding steroid dienone is 1. The Morgan fingerprint density at radius 3 is 2.59 bits per heavy atom. The molecule has 2 fully saturated rings. The largest absolute Gasteiger partial charge is 0.459 e. The minimum absolute atomic E-state index is 0.00304. The van der Waals surface area contributed by atoms with E-state index in [1.807, 2.05) is 24.4 Å². The van der Waals surface area contributed by atoms with Crippen LogP contribution >= 0.6 is 11.3 Å². The molecular weight excluding hydrogens is 358 g/mol. The lowest BCUT2D eigenvalue weighted by molar-refractivity contribution is -0.145. The van der Waals surface area contributed by atoms with E-state index in [1.165, 1.54) is 12.8 Å². The van der Waals surface area contributed by atoms with Crippen LogP contribution in [0.5, 0.6) is 0 Å². The van der Waals surface area contributed by atoms with E-state index in [0.29, 0.717) is 12.0 Å². The molecule has 1 aromatic rings. The van der Waals surface area contributed by atoms with Crippen molar-refractivity contribution in [1.82, 2.24) is 0 Å². The number of Topliss-reactive ketones (excluding diaryl/α,β-unsaturated/α-hetero) is 1. The van der Waals surface area contributed by atoms with E-state index in [9.17, 15) is 9.59 Å². The van der Waals surface area contributed by atoms with Gasteiger partial charge in [-0.1, -0.05) is 18.9 Å². The van der Waals surface area contributed by atoms with E-state index in [0.717, 1.165) is 54.8 Å². The van der Waals surface area contributed by atoms with Crippen molar-refractivity contribution in [3.8, 4) is 0 Å². The van der Waals surface area contributed by atoms with Crippen LogP contribution in [-0.4, -0.2) is 23.6 Å². The number of carbonyl (C=O) groups is 2. The van der Waals surface area contributed by atoms with E-state index >= 15 is 0 Å². The number of hydrogen-bond acceptors (Lipinski definition) is 5. The van der Waals surface area contributed by atoms with Gasteiger partial charge in [0.25, 0.3) is 0 Å². The second-order valence-corrected chi connectivity index (χ2v) is 8.89. The van der Waals surface area contributed by atoms with E-state index in [-0.39, 0.29) is 29.7 Å². The molecule has 2 atom stereocenters. The van der Waals surface area contributed by atoms with Gasteiger partial charge in [-0.3, -0.25) is 9.79 Å². The number of nitrogens with zero attached hydrogens (tertiary/aromatic N) is 1. The fourth-order valence-corrected chi connectivity index (χ4v) is 5.61. The summed E-state index contributed by atoms with van der Waals surface area (Å²) in [5, 5.41) is 2.01. The first-order valence-corrected chi connectivity index (χ1v) is 11.1. The minimum atomic E-state index is -0.294. The summed E-state index contributed by atoms with van der Waals surface area (Å²) < 4.78 is 5.95. The van der Waals surface area contributed by atoms with Gasteiger partial charge in [-0.25, -0.2) is 4.79 Å². The number of carbonyl (C=O) groups excluding carboxylic acids is 2. The number of aliphatic imine (C=N–C) groups is 1. The summed E-state index contributed by atoms with van der Waals surface area (Å²) >= 11 is 1.61. The molecule has 0 bridgehead atoms. The van der Waals surface area contributed by atoms with Crippen LogP contribution < -0.4 is 0 Å². The Hall–Kier alpha value is -1.75. The lowest BCUT2D eigenvalue weighted by atomic mass is 9.71. The van der Waals surface area contributed by atoms with Crippen molar-refractivity contribution in [1.29, 1.82) is 0 Å². The average Bonchev–Trinajstić information content (AvgIpc) is 3.06. The predicted octanol–water partition coefficient (Wildman–Crippen LogP) is 5.20. The monoisotopic (exact) mass is 385 g/mol. The summed E-state index contributed by atoms with van der Waals surface area (Å²) in [5.74, 6) is -0.578. The smallest absolute Gasteiger partial charge is 0.336 e. The summed E-state index contributed by atoms with van der Waals surface area (Å²) in [5.41, 5.74) is 2.28. The third kappa shape index (κ3) is 3.79. The molecule has 0 amide bonds. The van der Waals surface area contributed by atoms with Crippen LogP contribution in [0.2, 0.25) is 0 Å². The fraction of sp³-hybridized carbons (Fsp3) is 0.591. The lowest BCUT2D eigenvalue weighted by Gasteiger charge is -2.35. The molecule has 4 rings (SSSR count). The number of esters is 1. The summed E-state index contributed by atoms with van der Waals surface area (Å²) in [4.78, 5) is 31.8. The van der Waals surface area contributed by atoms with Gasteiger partial charge < -0.3 is 4.74 Å². The maximum atomic E-state index is 13.2. The zero-order valence-corrected chi connectivity index (χ0v) is 16.7. The Morgan fingerprint density at radius 2 is 1.89 bits per heavy atom. The van der Waals surface area contributed by atoms with Gasteiger partial charge in [0.2, 0.25) is 0 Å². The molecule has 1 aliphatic heterocycles. The van der Waals surface area contributed by atoms with Crippen LogP contribution in [0.3, 0.4) is 0 Å². The molecule has 0 radical (unpaired) electrons. The summed E-state index contributed by atoms with van der Waals surface area (Å²) in [6.07, 6.45) is 8.85. The fourth-order valence-electron chi connectivity index (χ4n) is 4.74. The van der Waals surface area contributed by atoms with Gasteiger partial charge in [0.15, 0.2) is 0 Å². The summed E-state index contributed by atoms with van der Waals surface area (Å²) in [7, 11) is 0. The van der Waals surface area contributed by atoms with Crippen molar-refractivity contribution in [3.05, 3.63) is 33.7 Å². The van der Waals surface area contributed by atoms with E-state index in [1.54, 1.807) is 11.3 Å². The first kappa shape index (κ1) is 18.6. The highest BCUT2D eigenvalue weighted by molar-refractivity contribution is 7.10. The molecule has 2 saturated carbocycles. The van der Waals surface area contributed by atoms with E-state index in [2.05, 4.69) is 0 Å². The molecule has 27 heavy (non-hydrogen) atoms. The van der Waals surface area contributed by atoms with Crippen LogP contribution in [-0.2, 0) is 14.3 Å². The number of hydrogen-bond donors (Lipinski definition) is 0. The normalized spacial score (nSPS) is 27.0. The summed E-state index contributed by atoms with van der Waals surface area (Å²) in [6, 6.07) is 4.02. The maximum absolute atomic E-state index is 13.2. The number of rotatable bonds is 3. The third-order valence-electron chi connectivity index (χ3n) is 6.05. The topological polar surface area (TPSA) is 55.7 Å². The molecule has 0 saturated heterocycles. The Bertz CT molecular complexity index is 769. The number of thiophene rings is 1. The maximum Gasteiger partial charge on any atom is 0.336 e. The molecule has 0 N–H and O–H groups in total. The Morgan fingerprint density at radius 1 is 1.11 bits per heavy atom. The predicted molar refractivity (Wildman–Crippen MR) is 107 cm³/mol. The van der Waals surface area contributed by atoms with Gasteiger partial charge in [-0.2, -0.15) is 0 Å². The molecule has 2 heterocycles. The van der Waals surface area contributed by atoms with E-state index in [4.69, 9.17) is 9.73 Å². The van der Waals surface area contributed by atoms with Gasteiger partial charge in [0, 0.05) is 28.6 Å². The molecule has 144 valence electrons. The zero-order chi connectivity index (χ0) is 18.8. The molecular formula is C22H27NO3S. The van der Waals surface area contributed by atoms with Crippen molar-refractivity contribution in [2.75, 3.05) is 0 Å². The van der Waals surface area contributed by atoms with Crippen LogP contribution in [0.25, 0.3) is 0 Å². The van der Waals surface area contributed by atoms with Gasteiger partial charge in [-0.15, -0.1) is 11.3 Å².